The van der Waals surface area contributed by atoms with E-state index >= 15 is 0 Å². The highest BCUT2D eigenvalue weighted by Crippen LogP contribution is 2.32. The van der Waals surface area contributed by atoms with Gasteiger partial charge in [-0.1, -0.05) is 6.07 Å². The van der Waals surface area contributed by atoms with E-state index < -0.39 is 28.9 Å². The Balaban J connectivity index is 1.55. The second-order valence-electron chi connectivity index (χ2n) is 8.24. The van der Waals surface area contributed by atoms with Crippen LogP contribution in [0.4, 0.5) is 17.6 Å². The number of aromatic nitrogens is 4. The number of imidazole rings is 1. The SMILES string of the molecule is CC(C)(COc1ncc(-c2ccc(-c3nc4ccc(C(F)(F)F)cc4[nH]3)c(F)c2)cn1)C(=O)O. The zero-order valence-corrected chi connectivity index (χ0v) is 17.9. The Morgan fingerprint density at radius 3 is 2.38 bits per heavy atom. The van der Waals surface area contributed by atoms with Crippen LogP contribution in [0.25, 0.3) is 33.5 Å². The van der Waals surface area contributed by atoms with Gasteiger partial charge < -0.3 is 14.8 Å². The summed E-state index contributed by atoms with van der Waals surface area (Å²) < 4.78 is 59.0. The first-order chi connectivity index (χ1) is 15.9. The van der Waals surface area contributed by atoms with Gasteiger partial charge >= 0.3 is 18.2 Å². The standard InChI is InChI=1S/C23H18F4N4O3/c1-22(2,20(32)33)11-34-21-28-9-13(10-29-21)12-3-5-15(16(24)7-12)19-30-17-6-4-14(23(25,26)27)8-18(17)31-19/h3-10H,11H2,1-2H3,(H,30,31)(H,32,33). The summed E-state index contributed by atoms with van der Waals surface area (Å²) in [5, 5.41) is 9.12. The molecule has 0 unspecified atom stereocenters. The third-order valence-corrected chi connectivity index (χ3v) is 5.14. The fourth-order valence-corrected chi connectivity index (χ4v) is 3.05. The van der Waals surface area contributed by atoms with Crippen molar-refractivity contribution in [2.75, 3.05) is 6.61 Å². The van der Waals surface area contributed by atoms with E-state index in [0.29, 0.717) is 11.1 Å². The van der Waals surface area contributed by atoms with Gasteiger partial charge in [0.25, 0.3) is 0 Å². The molecule has 0 spiro atoms. The molecule has 7 nitrogen and oxygen atoms in total. The first-order valence-electron chi connectivity index (χ1n) is 9.99. The molecule has 0 amide bonds. The molecule has 176 valence electrons. The number of nitrogens with zero attached hydrogens (tertiary/aromatic N) is 3. The lowest BCUT2D eigenvalue weighted by atomic mass is 9.95. The summed E-state index contributed by atoms with van der Waals surface area (Å²) >= 11 is 0. The predicted molar refractivity (Wildman–Crippen MR) is 114 cm³/mol. The number of hydrogen-bond donors (Lipinski definition) is 2. The number of fused-ring (bicyclic) bond motifs is 1. The van der Waals surface area contributed by atoms with Crippen LogP contribution in [0.15, 0.2) is 48.8 Å². The van der Waals surface area contributed by atoms with Crippen molar-refractivity contribution in [3.05, 3.63) is 60.2 Å². The van der Waals surface area contributed by atoms with E-state index in [1.807, 2.05) is 0 Å². The number of ether oxygens (including phenoxy) is 1. The Labute approximate surface area is 190 Å². The van der Waals surface area contributed by atoms with Gasteiger partial charge in [-0.15, -0.1) is 0 Å². The van der Waals surface area contributed by atoms with Crippen LogP contribution in [0, 0.1) is 11.2 Å². The molecule has 0 aliphatic heterocycles. The topological polar surface area (TPSA) is 101 Å². The highest BCUT2D eigenvalue weighted by molar-refractivity contribution is 5.81. The Morgan fingerprint density at radius 1 is 1.06 bits per heavy atom. The summed E-state index contributed by atoms with van der Waals surface area (Å²) in [6.45, 7) is 2.88. The number of carbonyl (C=O) groups is 1. The van der Waals surface area contributed by atoms with Gasteiger partial charge in [0, 0.05) is 18.0 Å². The molecule has 34 heavy (non-hydrogen) atoms. The van der Waals surface area contributed by atoms with E-state index in [1.54, 1.807) is 6.07 Å². The van der Waals surface area contributed by atoms with Gasteiger partial charge in [-0.3, -0.25) is 4.79 Å². The average Bonchev–Trinajstić information content (AvgIpc) is 3.20. The zero-order valence-electron chi connectivity index (χ0n) is 17.9. The third-order valence-electron chi connectivity index (χ3n) is 5.14. The first-order valence-corrected chi connectivity index (χ1v) is 9.99. The van der Waals surface area contributed by atoms with Crippen molar-refractivity contribution in [2.45, 2.75) is 20.0 Å². The van der Waals surface area contributed by atoms with Crippen molar-refractivity contribution >= 4 is 17.0 Å². The van der Waals surface area contributed by atoms with Crippen LogP contribution >= 0.6 is 0 Å². The van der Waals surface area contributed by atoms with E-state index in [4.69, 9.17) is 9.84 Å². The maximum atomic E-state index is 14.9. The molecule has 11 heteroatoms. The van der Waals surface area contributed by atoms with Crippen LogP contribution in [0.3, 0.4) is 0 Å². The van der Waals surface area contributed by atoms with Crippen molar-refractivity contribution in [1.82, 2.24) is 19.9 Å². The molecule has 2 heterocycles. The Kier molecular flexibility index (Phi) is 5.72. The number of H-pyrrole nitrogens is 1. The van der Waals surface area contributed by atoms with Crippen molar-refractivity contribution in [1.29, 1.82) is 0 Å². The van der Waals surface area contributed by atoms with E-state index in [-0.39, 0.29) is 35.0 Å². The van der Waals surface area contributed by atoms with Gasteiger partial charge in [0.1, 0.15) is 18.2 Å². The number of nitrogens with one attached hydrogen (secondary N) is 1. The number of aliphatic carboxylic acids is 1. The zero-order chi connectivity index (χ0) is 24.7. The quantitative estimate of drug-likeness (QED) is 0.366. The lowest BCUT2D eigenvalue weighted by Gasteiger charge is -2.18. The highest BCUT2D eigenvalue weighted by atomic mass is 19.4. The molecule has 0 aliphatic rings. The Bertz CT molecular complexity index is 1370. The highest BCUT2D eigenvalue weighted by Gasteiger charge is 2.31. The van der Waals surface area contributed by atoms with E-state index in [1.165, 1.54) is 44.4 Å². The van der Waals surface area contributed by atoms with Crippen LogP contribution < -0.4 is 4.74 Å². The van der Waals surface area contributed by atoms with Crippen molar-refractivity contribution in [3.63, 3.8) is 0 Å². The Hall–Kier alpha value is -4.02. The molecule has 2 aromatic heterocycles. The fraction of sp³-hybridized carbons (Fsp3) is 0.217. The lowest BCUT2D eigenvalue weighted by molar-refractivity contribution is -0.148. The second-order valence-corrected chi connectivity index (χ2v) is 8.24. The molecule has 0 bridgehead atoms. The minimum Gasteiger partial charge on any atom is -0.481 e. The number of alkyl halides is 3. The number of aromatic amines is 1. The molecule has 2 N–H and O–H groups in total. The predicted octanol–water partition coefficient (Wildman–Crippen LogP) is 5.33. The Morgan fingerprint density at radius 2 is 1.76 bits per heavy atom. The van der Waals surface area contributed by atoms with E-state index in [9.17, 15) is 22.4 Å². The van der Waals surface area contributed by atoms with Gasteiger partial charge in [0.15, 0.2) is 0 Å². The number of benzene rings is 2. The number of rotatable bonds is 6. The molecule has 0 aliphatic carbocycles. The number of carboxylic acid groups (broad SMARTS) is 1. The van der Waals surface area contributed by atoms with Crippen LogP contribution in [0.2, 0.25) is 0 Å². The largest absolute Gasteiger partial charge is 0.481 e. The van der Waals surface area contributed by atoms with Gasteiger partial charge in [-0.25, -0.2) is 19.3 Å². The summed E-state index contributed by atoms with van der Waals surface area (Å²) in [6, 6.07) is 7.33. The molecule has 0 fully saturated rings. The third kappa shape index (κ3) is 4.68. The normalized spacial score (nSPS) is 12.2. The minimum atomic E-state index is -4.50. The summed E-state index contributed by atoms with van der Waals surface area (Å²) in [6.07, 6.45) is -1.68. The average molecular weight is 474 g/mol. The van der Waals surface area contributed by atoms with Gasteiger partial charge in [-0.05, 0) is 49.7 Å². The van der Waals surface area contributed by atoms with Crippen molar-refractivity contribution < 1.29 is 32.2 Å². The van der Waals surface area contributed by atoms with Gasteiger partial charge in [0.2, 0.25) is 0 Å². The van der Waals surface area contributed by atoms with Gasteiger partial charge in [-0.2, -0.15) is 13.2 Å². The minimum absolute atomic E-state index is 0.0179. The first kappa shape index (κ1) is 23.1. The van der Waals surface area contributed by atoms with Crippen molar-refractivity contribution in [2.24, 2.45) is 5.41 Å². The smallest absolute Gasteiger partial charge is 0.416 e. The molecule has 2 aromatic carbocycles. The molecule has 0 saturated carbocycles. The van der Waals surface area contributed by atoms with Crippen LogP contribution in [-0.2, 0) is 11.0 Å². The fourth-order valence-electron chi connectivity index (χ4n) is 3.05. The number of halogens is 4. The van der Waals surface area contributed by atoms with Crippen LogP contribution in [0.1, 0.15) is 19.4 Å². The van der Waals surface area contributed by atoms with E-state index in [0.717, 1.165) is 12.1 Å². The molecule has 0 saturated heterocycles. The number of carboxylic acids is 1. The van der Waals surface area contributed by atoms with Gasteiger partial charge in [0.05, 0.1) is 27.6 Å². The molecule has 0 atom stereocenters. The monoisotopic (exact) mass is 474 g/mol. The van der Waals surface area contributed by atoms with Crippen LogP contribution in [-0.4, -0.2) is 37.6 Å². The molecule has 4 rings (SSSR count). The summed E-state index contributed by atoms with van der Waals surface area (Å²) in [5.74, 6) is -1.57. The molecular formula is C23H18F4N4O3. The van der Waals surface area contributed by atoms with Crippen molar-refractivity contribution in [3.8, 4) is 28.5 Å². The maximum Gasteiger partial charge on any atom is 0.416 e. The summed E-state index contributed by atoms with van der Waals surface area (Å²) in [5.41, 5.74) is -0.504. The lowest BCUT2D eigenvalue weighted by Crippen LogP contribution is -2.31. The number of hydrogen-bond acceptors (Lipinski definition) is 5. The molecular weight excluding hydrogens is 456 g/mol. The second kappa shape index (κ2) is 8.40. The molecule has 4 aromatic rings. The summed E-state index contributed by atoms with van der Waals surface area (Å²) in [7, 11) is 0. The van der Waals surface area contributed by atoms with Crippen LogP contribution in [0.5, 0.6) is 6.01 Å². The molecule has 0 radical (unpaired) electrons. The maximum absolute atomic E-state index is 14.9. The summed E-state index contributed by atoms with van der Waals surface area (Å²) in [4.78, 5) is 26.1. The van der Waals surface area contributed by atoms with E-state index in [2.05, 4.69) is 19.9 Å².